The van der Waals surface area contributed by atoms with Gasteiger partial charge in [0.25, 0.3) is 0 Å². The lowest BCUT2D eigenvalue weighted by molar-refractivity contribution is 1.23. The summed E-state index contributed by atoms with van der Waals surface area (Å²) in [5, 5.41) is 11.8. The van der Waals surface area contributed by atoms with Crippen molar-refractivity contribution in [3.63, 3.8) is 0 Å². The van der Waals surface area contributed by atoms with Gasteiger partial charge in [0.15, 0.2) is 5.82 Å². The molecule has 1 heterocycles. The van der Waals surface area contributed by atoms with Crippen molar-refractivity contribution in [3.8, 4) is 51.0 Å². The van der Waals surface area contributed by atoms with Crippen LogP contribution in [0.25, 0.3) is 66.6 Å². The van der Waals surface area contributed by atoms with E-state index in [1.165, 1.54) is 0 Å². The summed E-state index contributed by atoms with van der Waals surface area (Å²) in [5.41, 5.74) is 7.32. The minimum absolute atomic E-state index is 0.0282. The highest BCUT2D eigenvalue weighted by molar-refractivity contribution is 6.05. The van der Waals surface area contributed by atoms with E-state index in [-0.39, 0.29) is 29.7 Å². The summed E-state index contributed by atoms with van der Waals surface area (Å²) in [5.74, 6) is 0.459. The fourth-order valence-electron chi connectivity index (χ4n) is 5.27. The molecule has 7 aromatic rings. The number of rotatable bonds is 4. The van der Waals surface area contributed by atoms with Crippen molar-refractivity contribution in [1.82, 2.24) is 9.97 Å². The number of aromatic nitrogens is 2. The van der Waals surface area contributed by atoms with E-state index >= 15 is 0 Å². The molecule has 192 valence electrons. The van der Waals surface area contributed by atoms with Crippen LogP contribution in [0.5, 0.6) is 0 Å². The van der Waals surface area contributed by atoms with Crippen LogP contribution in [0.3, 0.4) is 0 Å². The van der Waals surface area contributed by atoms with E-state index in [0.717, 1.165) is 38.6 Å². The van der Waals surface area contributed by atoms with E-state index in [4.69, 9.17) is 20.7 Å². The monoisotopic (exact) mass is 527 g/mol. The Morgan fingerprint density at radius 1 is 0.610 bits per heavy atom. The van der Waals surface area contributed by atoms with E-state index in [1.807, 2.05) is 72.8 Å². The van der Waals surface area contributed by atoms with Gasteiger partial charge in [0.1, 0.15) is 0 Å². The van der Waals surface area contributed by atoms with Crippen LogP contribution >= 0.6 is 0 Å². The lowest BCUT2D eigenvalue weighted by Crippen LogP contribution is -1.96. The second kappa shape index (κ2) is 10.2. The van der Waals surface area contributed by atoms with Gasteiger partial charge in [-0.15, -0.1) is 0 Å². The summed E-state index contributed by atoms with van der Waals surface area (Å²) in [6, 6.07) is 37.3. The average Bonchev–Trinajstić information content (AvgIpc) is 3.09. The molecule has 41 heavy (non-hydrogen) atoms. The predicted molar refractivity (Wildman–Crippen MR) is 168 cm³/mol. The Bertz CT molecular complexity index is 2290. The van der Waals surface area contributed by atoms with Crippen LogP contribution in [0.4, 0.5) is 0 Å². The van der Waals surface area contributed by atoms with Crippen molar-refractivity contribution >= 4 is 21.7 Å². The van der Waals surface area contributed by atoms with Crippen LogP contribution in [0.1, 0.15) is 16.6 Å². The molecule has 0 unspecified atom stereocenters. The van der Waals surface area contributed by atoms with Crippen molar-refractivity contribution < 1.29 is 5.48 Å². The molecule has 0 saturated carbocycles. The quantitative estimate of drug-likeness (QED) is 0.229. The summed E-state index contributed by atoms with van der Waals surface area (Å²) >= 11 is 0. The first-order valence-electron chi connectivity index (χ1n) is 15.3. The summed E-state index contributed by atoms with van der Waals surface area (Å²) in [6.07, 6.45) is 0. The minimum Gasteiger partial charge on any atom is -0.228 e. The average molecular weight is 528 g/mol. The van der Waals surface area contributed by atoms with Crippen molar-refractivity contribution in [2.45, 2.75) is 6.92 Å². The number of nitrogens with zero attached hydrogens (tertiary/aromatic N) is 3. The highest BCUT2D eigenvalue weighted by Crippen LogP contribution is 2.37. The Hall–Kier alpha value is -5.59. The summed E-state index contributed by atoms with van der Waals surface area (Å²) in [7, 11) is 0. The molecule has 0 amide bonds. The number of hydrogen-bond acceptors (Lipinski definition) is 3. The number of fused-ring (bicyclic) bond motifs is 2. The van der Waals surface area contributed by atoms with Gasteiger partial charge in [0.2, 0.25) is 0 Å². The van der Waals surface area contributed by atoms with E-state index < -0.39 is 0 Å². The van der Waals surface area contributed by atoms with Gasteiger partial charge in [-0.05, 0) is 70.3 Å². The number of benzene rings is 6. The van der Waals surface area contributed by atoms with Crippen molar-refractivity contribution in [2.75, 3.05) is 0 Å². The van der Waals surface area contributed by atoms with Gasteiger partial charge in [0.05, 0.1) is 28.3 Å². The van der Waals surface area contributed by atoms with Crippen LogP contribution < -0.4 is 0 Å². The highest BCUT2D eigenvalue weighted by Gasteiger charge is 2.15. The second-order valence-electron chi connectivity index (χ2n) is 9.89. The molecule has 0 saturated heterocycles. The normalized spacial score (nSPS) is 12.4. The van der Waals surface area contributed by atoms with Crippen molar-refractivity contribution in [1.29, 1.82) is 5.26 Å². The zero-order valence-corrected chi connectivity index (χ0v) is 22.2. The van der Waals surface area contributed by atoms with Crippen LogP contribution in [-0.4, -0.2) is 9.97 Å². The van der Waals surface area contributed by atoms with Gasteiger partial charge in [0, 0.05) is 16.5 Å². The third-order valence-electron chi connectivity index (χ3n) is 7.30. The number of hydrogen-bond donors (Lipinski definition) is 0. The maximum Gasteiger partial charge on any atom is 0.161 e. The Labute approximate surface area is 244 Å². The second-order valence-corrected chi connectivity index (χ2v) is 9.89. The van der Waals surface area contributed by atoms with Gasteiger partial charge >= 0.3 is 0 Å². The summed E-state index contributed by atoms with van der Waals surface area (Å²) in [6.45, 7) is 1.64. The van der Waals surface area contributed by atoms with Crippen LogP contribution in [-0.2, 0) is 0 Å². The molecule has 0 bridgehead atoms. The van der Waals surface area contributed by atoms with Gasteiger partial charge in [-0.3, -0.25) is 0 Å². The van der Waals surface area contributed by atoms with Crippen LogP contribution in [0, 0.1) is 18.3 Å². The number of para-hydroxylation sites is 1. The van der Waals surface area contributed by atoms with E-state index in [2.05, 4.69) is 42.5 Å². The SMILES string of the molecule is [2H]c1c([2H])c(C)c([2H])c(-c2nc(-c3ccc(-c4ccc(-c5ccc(C#N)cc5)cc4)c4ccccc34)nc3ccccc23)c1[2H]. The molecule has 7 rings (SSSR count). The first kappa shape index (κ1) is 20.3. The molecule has 0 radical (unpaired) electrons. The van der Waals surface area contributed by atoms with E-state index in [1.54, 1.807) is 6.92 Å². The smallest absolute Gasteiger partial charge is 0.161 e. The Morgan fingerprint density at radius 3 is 1.95 bits per heavy atom. The molecule has 0 fully saturated rings. The maximum absolute atomic E-state index is 9.12. The third-order valence-corrected chi connectivity index (χ3v) is 7.30. The zero-order valence-electron chi connectivity index (χ0n) is 26.2. The van der Waals surface area contributed by atoms with Gasteiger partial charge in [-0.25, -0.2) is 9.97 Å². The lowest BCUT2D eigenvalue weighted by Gasteiger charge is -2.14. The molecule has 3 heteroatoms. The van der Waals surface area contributed by atoms with Crippen LogP contribution in [0.2, 0.25) is 0 Å². The predicted octanol–water partition coefficient (Wildman–Crippen LogP) is 9.63. The Morgan fingerprint density at radius 2 is 1.22 bits per heavy atom. The maximum atomic E-state index is 9.12. The van der Waals surface area contributed by atoms with Crippen LogP contribution in [0.15, 0.2) is 133 Å². The first-order valence-corrected chi connectivity index (χ1v) is 13.3. The fraction of sp³-hybridized carbons (Fsp3) is 0.0263. The molecule has 3 nitrogen and oxygen atoms in total. The van der Waals surface area contributed by atoms with Gasteiger partial charge in [-0.2, -0.15) is 5.26 Å². The fourth-order valence-corrected chi connectivity index (χ4v) is 5.27. The Balaban J connectivity index is 1.39. The molecule has 0 N–H and O–H groups in total. The zero-order chi connectivity index (χ0) is 31.2. The molecular formula is C38H25N3. The largest absolute Gasteiger partial charge is 0.228 e. The van der Waals surface area contributed by atoms with E-state index in [9.17, 15) is 0 Å². The Kier molecular flexibility index (Phi) is 5.05. The molecule has 0 aliphatic rings. The van der Waals surface area contributed by atoms with Crippen molar-refractivity contribution in [2.24, 2.45) is 0 Å². The lowest BCUT2D eigenvalue weighted by atomic mass is 9.93. The minimum atomic E-state index is -0.220. The van der Waals surface area contributed by atoms with Crippen molar-refractivity contribution in [3.05, 3.63) is 144 Å². The molecule has 0 aliphatic carbocycles. The molecule has 1 aromatic heterocycles. The number of nitriles is 1. The standard InChI is InChI=1S/C38H25N3/c1-25-7-6-8-30(23-25)37-35-11-4-5-12-36(35)40-38(41-37)34-22-21-31(32-9-2-3-10-33(32)34)29-19-17-28(18-20-29)27-15-13-26(24-39)14-16-27/h2-23H,1H3/i6D,7D,8D,23D. The van der Waals surface area contributed by atoms with Gasteiger partial charge < -0.3 is 0 Å². The van der Waals surface area contributed by atoms with Gasteiger partial charge in [-0.1, -0.05) is 109 Å². The summed E-state index contributed by atoms with van der Waals surface area (Å²) < 4.78 is 34.1. The van der Waals surface area contributed by atoms with E-state index in [0.29, 0.717) is 33.5 Å². The topological polar surface area (TPSA) is 49.6 Å². The molecular weight excluding hydrogens is 498 g/mol. The first-order chi connectivity index (χ1) is 21.9. The molecule has 0 aliphatic heterocycles. The summed E-state index contributed by atoms with van der Waals surface area (Å²) in [4.78, 5) is 9.90. The molecule has 0 spiro atoms. The third kappa shape index (κ3) is 4.52. The molecule has 0 atom stereocenters. The molecule has 6 aromatic carbocycles. The highest BCUT2D eigenvalue weighted by atomic mass is 14.9.